The first-order valence-electron chi connectivity index (χ1n) is 13.2. The third kappa shape index (κ3) is 6.45. The molecule has 0 aliphatic carbocycles. The number of nitrogens with zero attached hydrogens (tertiary/aromatic N) is 2. The molecule has 0 saturated carbocycles. The molecule has 1 aromatic heterocycles. The Labute approximate surface area is 259 Å². The zero-order valence-electron chi connectivity index (χ0n) is 23.4. The number of thiazole rings is 1. The highest BCUT2D eigenvalue weighted by Crippen LogP contribution is 2.32. The van der Waals surface area contributed by atoms with Crippen LogP contribution < -0.4 is 19.6 Å². The van der Waals surface area contributed by atoms with Crippen molar-refractivity contribution in [3.05, 3.63) is 125 Å². The summed E-state index contributed by atoms with van der Waals surface area (Å²) in [5.74, 6) is -0.161. The van der Waals surface area contributed by atoms with E-state index in [1.165, 1.54) is 23.5 Å². The molecule has 42 heavy (non-hydrogen) atoms. The fraction of sp³-hybridized carbons (Fsp3) is 0.219. The second kappa shape index (κ2) is 12.8. The van der Waals surface area contributed by atoms with Gasteiger partial charge in [-0.25, -0.2) is 14.2 Å². The number of aromatic nitrogens is 1. The van der Waals surface area contributed by atoms with Gasteiger partial charge in [-0.05, 0) is 102 Å². The Bertz CT molecular complexity index is 1850. The lowest BCUT2D eigenvalue weighted by Crippen LogP contribution is -2.40. The molecule has 1 atom stereocenters. The minimum atomic E-state index is -0.667. The molecule has 0 N–H and O–H groups in total. The average Bonchev–Trinajstić information content (AvgIpc) is 3.26. The van der Waals surface area contributed by atoms with Crippen LogP contribution in [0, 0.1) is 5.82 Å². The van der Waals surface area contributed by atoms with Crippen LogP contribution in [0.25, 0.3) is 6.08 Å². The third-order valence-electron chi connectivity index (χ3n) is 6.58. The van der Waals surface area contributed by atoms with Crippen molar-refractivity contribution < 1.29 is 18.7 Å². The normalized spacial score (nSPS) is 15.0. The zero-order valence-corrected chi connectivity index (χ0v) is 26.6. The number of allylic oxidation sites excluding steroid dienone is 1. The molecule has 0 amide bonds. The van der Waals surface area contributed by atoms with Crippen molar-refractivity contribution in [3.63, 3.8) is 0 Å². The number of benzene rings is 3. The van der Waals surface area contributed by atoms with Gasteiger partial charge in [-0.1, -0.05) is 41.7 Å². The molecule has 0 unspecified atom stereocenters. The Balaban J connectivity index is 1.52. The van der Waals surface area contributed by atoms with Gasteiger partial charge in [0.15, 0.2) is 4.80 Å². The number of hydrogen-bond donors (Lipinski definition) is 0. The fourth-order valence-corrected chi connectivity index (χ4v) is 6.54. The molecule has 0 bridgehead atoms. The van der Waals surface area contributed by atoms with E-state index in [0.29, 0.717) is 30.8 Å². The van der Waals surface area contributed by atoms with Crippen LogP contribution in [0.5, 0.6) is 5.75 Å². The van der Waals surface area contributed by atoms with Crippen LogP contribution in [-0.2, 0) is 16.1 Å². The lowest BCUT2D eigenvalue weighted by Gasteiger charge is -2.25. The zero-order chi connectivity index (χ0) is 30.0. The Morgan fingerprint density at radius 2 is 1.86 bits per heavy atom. The summed E-state index contributed by atoms with van der Waals surface area (Å²) < 4.78 is 27.5. The number of thioether (sulfide) groups is 1. The maximum atomic E-state index is 13.9. The summed E-state index contributed by atoms with van der Waals surface area (Å²) in [5, 5.41) is 0. The van der Waals surface area contributed by atoms with Crippen LogP contribution in [0.2, 0.25) is 0 Å². The predicted octanol–water partition coefficient (Wildman–Crippen LogP) is 6.39. The monoisotopic (exact) mass is 666 g/mol. The molecule has 0 saturated heterocycles. The molecule has 0 spiro atoms. The predicted molar refractivity (Wildman–Crippen MR) is 168 cm³/mol. The molecular formula is C32H28BrFN2O4S2. The van der Waals surface area contributed by atoms with Gasteiger partial charge in [-0.3, -0.25) is 9.36 Å². The number of halogens is 2. The first-order valence-corrected chi connectivity index (χ1v) is 16.0. The number of ether oxygens (including phenoxy) is 2. The van der Waals surface area contributed by atoms with Crippen molar-refractivity contribution in [1.82, 2.24) is 4.57 Å². The molecule has 0 fully saturated rings. The first kappa shape index (κ1) is 30.0. The topological polar surface area (TPSA) is 69.9 Å². The van der Waals surface area contributed by atoms with Crippen molar-refractivity contribution in [2.75, 3.05) is 6.26 Å². The van der Waals surface area contributed by atoms with Gasteiger partial charge in [0.2, 0.25) is 0 Å². The summed E-state index contributed by atoms with van der Waals surface area (Å²) in [6, 6.07) is 18.9. The Hall–Kier alpha value is -3.47. The number of rotatable bonds is 8. The van der Waals surface area contributed by atoms with Gasteiger partial charge in [-0.2, -0.15) is 0 Å². The lowest BCUT2D eigenvalue weighted by molar-refractivity contribution is -0.143. The van der Waals surface area contributed by atoms with Crippen LogP contribution in [0.1, 0.15) is 43.5 Å². The van der Waals surface area contributed by atoms with E-state index in [9.17, 15) is 14.0 Å². The van der Waals surface area contributed by atoms with Crippen LogP contribution in [0.15, 0.2) is 97.2 Å². The van der Waals surface area contributed by atoms with Gasteiger partial charge >= 0.3 is 5.97 Å². The summed E-state index contributed by atoms with van der Waals surface area (Å²) in [4.78, 5) is 33.4. The van der Waals surface area contributed by atoms with E-state index in [4.69, 9.17) is 9.47 Å². The van der Waals surface area contributed by atoms with Gasteiger partial charge in [0.1, 0.15) is 18.2 Å². The van der Waals surface area contributed by atoms with E-state index in [2.05, 4.69) is 20.9 Å². The number of hydrogen-bond acceptors (Lipinski definition) is 7. The first-order chi connectivity index (χ1) is 20.1. The molecule has 5 rings (SSSR count). The van der Waals surface area contributed by atoms with Crippen molar-refractivity contribution in [1.29, 1.82) is 0 Å². The highest BCUT2D eigenvalue weighted by Gasteiger charge is 2.33. The van der Waals surface area contributed by atoms with E-state index in [-0.39, 0.29) is 24.1 Å². The molecular weight excluding hydrogens is 639 g/mol. The number of carbonyl (C=O) groups is 1. The minimum Gasteiger partial charge on any atom is -0.488 e. The fourth-order valence-electron chi connectivity index (χ4n) is 4.58. The van der Waals surface area contributed by atoms with Crippen molar-refractivity contribution in [2.45, 2.75) is 44.4 Å². The summed E-state index contributed by atoms with van der Waals surface area (Å²) >= 11 is 6.45. The maximum absolute atomic E-state index is 13.9. The van der Waals surface area contributed by atoms with Gasteiger partial charge in [0.05, 0.1) is 32.4 Å². The van der Waals surface area contributed by atoms with Gasteiger partial charge < -0.3 is 9.47 Å². The molecule has 4 aromatic rings. The maximum Gasteiger partial charge on any atom is 0.338 e. The van der Waals surface area contributed by atoms with Crippen LogP contribution in [0.3, 0.4) is 0 Å². The molecule has 1 aliphatic rings. The summed E-state index contributed by atoms with van der Waals surface area (Å²) in [7, 11) is 0. The highest BCUT2D eigenvalue weighted by molar-refractivity contribution is 9.10. The average molecular weight is 668 g/mol. The Morgan fingerprint density at radius 3 is 2.50 bits per heavy atom. The van der Waals surface area contributed by atoms with Crippen molar-refractivity contribution >= 4 is 51.1 Å². The SMILES string of the molecule is CSc1ccc([C@@H]2C(C(=O)OC(C)C)=C(C)N=c3s/c(=C\c4ccc(OCc5ccc(F)cc5)c(Br)c4)c(=O)n32)cc1. The van der Waals surface area contributed by atoms with Crippen molar-refractivity contribution in [3.8, 4) is 5.75 Å². The highest BCUT2D eigenvalue weighted by atomic mass is 79.9. The summed E-state index contributed by atoms with van der Waals surface area (Å²) in [6.45, 7) is 5.65. The van der Waals surface area contributed by atoms with E-state index < -0.39 is 12.0 Å². The molecule has 3 aromatic carbocycles. The van der Waals surface area contributed by atoms with E-state index in [1.54, 1.807) is 55.3 Å². The molecule has 0 radical (unpaired) electrons. The number of esters is 1. The second-order valence-corrected chi connectivity index (χ2v) is 12.7. The van der Waals surface area contributed by atoms with Crippen molar-refractivity contribution in [2.24, 2.45) is 4.99 Å². The van der Waals surface area contributed by atoms with E-state index >= 15 is 0 Å². The quantitative estimate of drug-likeness (QED) is 0.161. The summed E-state index contributed by atoms with van der Waals surface area (Å²) in [6.07, 6.45) is 3.48. The molecule has 216 valence electrons. The second-order valence-electron chi connectivity index (χ2n) is 9.91. The summed E-state index contributed by atoms with van der Waals surface area (Å²) in [5.41, 5.74) is 3.07. The molecule has 6 nitrogen and oxygen atoms in total. The third-order valence-corrected chi connectivity index (χ3v) is 8.92. The lowest BCUT2D eigenvalue weighted by atomic mass is 9.96. The standard InChI is InChI=1S/C32H28BrFN2O4S2/c1-18(2)40-31(38)28-19(3)35-32-36(29(28)22-8-12-24(41-4)13-9-22)30(37)27(42-32)16-21-7-14-26(25(33)15-21)39-17-20-5-10-23(34)11-6-20/h5-16,18,29H,17H2,1-4H3/b27-16-/t29-/m1/s1. The molecule has 10 heteroatoms. The Kier molecular flexibility index (Phi) is 9.15. The van der Waals surface area contributed by atoms with Gasteiger partial charge in [0, 0.05) is 4.90 Å². The number of carbonyl (C=O) groups excluding carboxylic acids is 1. The van der Waals surface area contributed by atoms with Gasteiger partial charge in [0.25, 0.3) is 5.56 Å². The van der Waals surface area contributed by atoms with E-state index in [1.807, 2.05) is 48.7 Å². The van der Waals surface area contributed by atoms with Crippen LogP contribution in [0.4, 0.5) is 4.39 Å². The largest absolute Gasteiger partial charge is 0.488 e. The smallest absolute Gasteiger partial charge is 0.338 e. The molecule has 1 aliphatic heterocycles. The Morgan fingerprint density at radius 1 is 1.14 bits per heavy atom. The van der Waals surface area contributed by atoms with E-state index in [0.717, 1.165) is 21.6 Å². The van der Waals surface area contributed by atoms with Crippen LogP contribution in [-0.4, -0.2) is 22.9 Å². The number of fused-ring (bicyclic) bond motifs is 1. The van der Waals surface area contributed by atoms with Gasteiger partial charge in [-0.15, -0.1) is 11.8 Å². The molecule has 2 heterocycles. The van der Waals surface area contributed by atoms with Crippen LogP contribution >= 0.6 is 39.0 Å². The minimum absolute atomic E-state index is 0.243.